The molecule has 1 saturated heterocycles. The minimum atomic E-state index is -0.227. The predicted octanol–water partition coefficient (Wildman–Crippen LogP) is 2.94. The van der Waals surface area contributed by atoms with Crippen molar-refractivity contribution in [2.75, 3.05) is 6.54 Å². The van der Waals surface area contributed by atoms with E-state index in [1.807, 2.05) is 24.4 Å². The molecule has 0 aliphatic carbocycles. The van der Waals surface area contributed by atoms with Crippen LogP contribution in [-0.2, 0) is 16.0 Å². The molecule has 21 heavy (non-hydrogen) atoms. The van der Waals surface area contributed by atoms with Gasteiger partial charge in [0.15, 0.2) is 0 Å². The first kappa shape index (κ1) is 14.1. The molecular weight excluding hydrogens is 288 g/mol. The van der Waals surface area contributed by atoms with Gasteiger partial charge in [-0.25, -0.2) is 0 Å². The van der Waals surface area contributed by atoms with Gasteiger partial charge < -0.3 is 14.7 Å². The Morgan fingerprint density at radius 1 is 1.48 bits per heavy atom. The van der Waals surface area contributed by atoms with E-state index >= 15 is 0 Å². The number of halogens is 1. The standard InChI is InChI=1S/C16H17ClN2O2/c17-12-4-5-15-14(8-12)11(9-18-15)3-6-16(21)19-7-1-2-13(19)10-20/h4-5,8-10,13,18H,1-3,6-7H2/t13-/m0/s1. The van der Waals surface area contributed by atoms with Crippen molar-refractivity contribution < 1.29 is 9.59 Å². The number of hydrogen-bond donors (Lipinski definition) is 1. The van der Waals surface area contributed by atoms with E-state index in [4.69, 9.17) is 11.6 Å². The first-order valence-electron chi connectivity index (χ1n) is 7.19. The van der Waals surface area contributed by atoms with Crippen molar-refractivity contribution in [2.24, 2.45) is 0 Å². The minimum Gasteiger partial charge on any atom is -0.361 e. The van der Waals surface area contributed by atoms with Crippen molar-refractivity contribution in [1.82, 2.24) is 9.88 Å². The highest BCUT2D eigenvalue weighted by Crippen LogP contribution is 2.24. The quantitative estimate of drug-likeness (QED) is 0.883. The highest BCUT2D eigenvalue weighted by Gasteiger charge is 2.27. The summed E-state index contributed by atoms with van der Waals surface area (Å²) in [7, 11) is 0. The molecule has 0 saturated carbocycles. The molecule has 0 spiro atoms. The lowest BCUT2D eigenvalue weighted by atomic mass is 10.1. The van der Waals surface area contributed by atoms with Gasteiger partial charge in [-0.05, 0) is 43.0 Å². The number of aryl methyl sites for hydroxylation is 1. The number of likely N-dealkylation sites (tertiary alicyclic amines) is 1. The molecule has 1 aromatic carbocycles. The smallest absolute Gasteiger partial charge is 0.223 e. The van der Waals surface area contributed by atoms with Gasteiger partial charge in [-0.1, -0.05) is 11.6 Å². The van der Waals surface area contributed by atoms with E-state index in [1.54, 1.807) is 4.90 Å². The van der Waals surface area contributed by atoms with Gasteiger partial charge in [0.2, 0.25) is 5.91 Å². The van der Waals surface area contributed by atoms with E-state index in [0.29, 0.717) is 24.4 Å². The molecule has 3 rings (SSSR count). The van der Waals surface area contributed by atoms with Gasteiger partial charge in [-0.3, -0.25) is 4.79 Å². The average molecular weight is 305 g/mol. The maximum absolute atomic E-state index is 12.2. The lowest BCUT2D eigenvalue weighted by Crippen LogP contribution is -2.36. The Hall–Kier alpha value is -1.81. The van der Waals surface area contributed by atoms with Crippen LogP contribution >= 0.6 is 11.6 Å². The van der Waals surface area contributed by atoms with Crippen molar-refractivity contribution in [3.63, 3.8) is 0 Å². The molecule has 0 unspecified atom stereocenters. The topological polar surface area (TPSA) is 53.2 Å². The van der Waals surface area contributed by atoms with Gasteiger partial charge >= 0.3 is 0 Å². The molecule has 1 atom stereocenters. The molecule has 1 aliphatic rings. The molecule has 0 radical (unpaired) electrons. The number of fused-ring (bicyclic) bond motifs is 1. The number of aldehydes is 1. The van der Waals surface area contributed by atoms with Crippen LogP contribution in [0.4, 0.5) is 0 Å². The zero-order chi connectivity index (χ0) is 14.8. The monoisotopic (exact) mass is 304 g/mol. The van der Waals surface area contributed by atoms with Crippen molar-refractivity contribution in [3.8, 4) is 0 Å². The Bertz CT molecular complexity index is 680. The molecule has 2 heterocycles. The van der Waals surface area contributed by atoms with Crippen LogP contribution in [0.25, 0.3) is 10.9 Å². The van der Waals surface area contributed by atoms with Crippen LogP contribution in [0.15, 0.2) is 24.4 Å². The van der Waals surface area contributed by atoms with Crippen LogP contribution in [0.3, 0.4) is 0 Å². The fraction of sp³-hybridized carbons (Fsp3) is 0.375. The van der Waals surface area contributed by atoms with Crippen LogP contribution in [0.5, 0.6) is 0 Å². The van der Waals surface area contributed by atoms with Crippen molar-refractivity contribution >= 4 is 34.7 Å². The fourth-order valence-corrected chi connectivity index (χ4v) is 3.16. The molecule has 0 bridgehead atoms. The number of aromatic amines is 1. The Morgan fingerprint density at radius 3 is 3.14 bits per heavy atom. The molecule has 1 aliphatic heterocycles. The summed E-state index contributed by atoms with van der Waals surface area (Å²) in [4.78, 5) is 28.1. The predicted molar refractivity (Wildman–Crippen MR) is 82.4 cm³/mol. The number of amides is 1. The average Bonchev–Trinajstić information content (AvgIpc) is 3.11. The number of carbonyl (C=O) groups excluding carboxylic acids is 2. The van der Waals surface area contributed by atoms with E-state index in [1.165, 1.54) is 0 Å². The lowest BCUT2D eigenvalue weighted by Gasteiger charge is -2.20. The SMILES string of the molecule is O=C[C@@H]1CCCN1C(=O)CCc1c[nH]c2ccc(Cl)cc12. The van der Waals surface area contributed by atoms with Gasteiger partial charge in [0.25, 0.3) is 0 Å². The van der Waals surface area contributed by atoms with E-state index in [-0.39, 0.29) is 11.9 Å². The fourth-order valence-electron chi connectivity index (χ4n) is 2.99. The van der Waals surface area contributed by atoms with Crippen LogP contribution in [-0.4, -0.2) is 34.7 Å². The Balaban J connectivity index is 1.70. The van der Waals surface area contributed by atoms with E-state index in [9.17, 15) is 9.59 Å². The maximum atomic E-state index is 12.2. The number of aromatic nitrogens is 1. The summed E-state index contributed by atoms with van der Waals surface area (Å²) in [6.45, 7) is 0.696. The Labute approximate surface area is 128 Å². The third kappa shape index (κ3) is 2.81. The van der Waals surface area contributed by atoms with E-state index in [2.05, 4.69) is 4.98 Å². The molecule has 1 fully saturated rings. The second kappa shape index (κ2) is 5.90. The number of rotatable bonds is 4. The van der Waals surface area contributed by atoms with Gasteiger partial charge in [-0.2, -0.15) is 0 Å². The Kier molecular flexibility index (Phi) is 3.97. The number of hydrogen-bond acceptors (Lipinski definition) is 2. The van der Waals surface area contributed by atoms with E-state index in [0.717, 1.165) is 35.6 Å². The second-order valence-electron chi connectivity index (χ2n) is 5.44. The summed E-state index contributed by atoms with van der Waals surface area (Å²) in [5.74, 6) is 0.0565. The first-order chi connectivity index (χ1) is 10.2. The minimum absolute atomic E-state index is 0.0565. The number of carbonyl (C=O) groups is 2. The first-order valence-corrected chi connectivity index (χ1v) is 7.57. The summed E-state index contributed by atoms with van der Waals surface area (Å²) in [5.41, 5.74) is 2.11. The summed E-state index contributed by atoms with van der Waals surface area (Å²) in [5, 5.41) is 1.75. The zero-order valence-electron chi connectivity index (χ0n) is 11.6. The van der Waals surface area contributed by atoms with Crippen molar-refractivity contribution in [3.05, 3.63) is 35.0 Å². The van der Waals surface area contributed by atoms with Crippen LogP contribution in [0.1, 0.15) is 24.8 Å². The molecule has 5 heteroatoms. The number of nitrogens with one attached hydrogen (secondary N) is 1. The number of nitrogens with zero attached hydrogens (tertiary/aromatic N) is 1. The highest BCUT2D eigenvalue weighted by atomic mass is 35.5. The molecular formula is C16H17ClN2O2. The summed E-state index contributed by atoms with van der Waals surface area (Å²) in [6.07, 6.45) is 5.59. The Morgan fingerprint density at radius 2 is 2.33 bits per heavy atom. The second-order valence-corrected chi connectivity index (χ2v) is 5.87. The van der Waals surface area contributed by atoms with Crippen LogP contribution in [0, 0.1) is 0 Å². The normalized spacial score (nSPS) is 18.3. The van der Waals surface area contributed by atoms with Crippen molar-refractivity contribution in [1.29, 1.82) is 0 Å². The largest absolute Gasteiger partial charge is 0.361 e. The molecule has 4 nitrogen and oxygen atoms in total. The zero-order valence-corrected chi connectivity index (χ0v) is 12.4. The molecule has 2 aromatic rings. The molecule has 110 valence electrons. The van der Waals surface area contributed by atoms with Gasteiger partial charge in [-0.15, -0.1) is 0 Å². The van der Waals surface area contributed by atoms with Gasteiger partial charge in [0.05, 0.1) is 6.04 Å². The summed E-state index contributed by atoms with van der Waals surface area (Å²) in [6, 6.07) is 5.46. The molecule has 1 amide bonds. The van der Waals surface area contributed by atoms with Gasteiger partial charge in [0.1, 0.15) is 6.29 Å². The lowest BCUT2D eigenvalue weighted by molar-refractivity contribution is -0.134. The van der Waals surface area contributed by atoms with Gasteiger partial charge in [0, 0.05) is 35.1 Å². The summed E-state index contributed by atoms with van der Waals surface area (Å²) < 4.78 is 0. The number of benzene rings is 1. The molecule has 1 N–H and O–H groups in total. The highest BCUT2D eigenvalue weighted by molar-refractivity contribution is 6.31. The van der Waals surface area contributed by atoms with E-state index < -0.39 is 0 Å². The molecule has 1 aromatic heterocycles. The maximum Gasteiger partial charge on any atom is 0.223 e. The summed E-state index contributed by atoms with van der Waals surface area (Å²) >= 11 is 6.02. The van der Waals surface area contributed by atoms with Crippen molar-refractivity contribution in [2.45, 2.75) is 31.7 Å². The number of H-pyrrole nitrogens is 1. The van der Waals surface area contributed by atoms with Crippen LogP contribution in [0.2, 0.25) is 5.02 Å². The third-order valence-electron chi connectivity index (χ3n) is 4.11. The van der Waals surface area contributed by atoms with Crippen LogP contribution < -0.4 is 0 Å². The third-order valence-corrected chi connectivity index (χ3v) is 4.35.